The van der Waals surface area contributed by atoms with Crippen LogP contribution >= 0.6 is 22.7 Å². The molecule has 0 aliphatic carbocycles. The quantitative estimate of drug-likeness (QED) is 0.183. The molecule has 2 atom stereocenters. The number of non-ortho nitro benzene ring substituents is 1. The van der Waals surface area contributed by atoms with Crippen LogP contribution in [0.25, 0.3) is 0 Å². The minimum absolute atomic E-state index is 0.164. The zero-order valence-corrected chi connectivity index (χ0v) is 18.8. The van der Waals surface area contributed by atoms with Crippen LogP contribution in [-0.2, 0) is 19.1 Å². The minimum Gasteiger partial charge on any atom is -0.456 e. The van der Waals surface area contributed by atoms with Crippen molar-refractivity contribution in [2.24, 2.45) is 5.92 Å². The maximum Gasteiger partial charge on any atom is 0.303 e. The zero-order chi connectivity index (χ0) is 23.3. The van der Waals surface area contributed by atoms with Crippen molar-refractivity contribution in [3.05, 3.63) is 84.7 Å². The van der Waals surface area contributed by atoms with Crippen LogP contribution in [0.15, 0.2) is 59.3 Å². The molecular weight excluding hydrogens is 454 g/mol. The average molecular weight is 474 g/mol. The highest BCUT2D eigenvalue weighted by Crippen LogP contribution is 2.43. The number of ether oxygens (including phenoxy) is 2. The Bertz CT molecular complexity index is 1040. The van der Waals surface area contributed by atoms with Gasteiger partial charge < -0.3 is 9.47 Å². The molecule has 0 N–H and O–H groups in total. The van der Waals surface area contributed by atoms with Gasteiger partial charge in [0.1, 0.15) is 18.1 Å². The van der Waals surface area contributed by atoms with Crippen LogP contribution in [0.3, 0.4) is 0 Å². The first-order valence-electron chi connectivity index (χ1n) is 9.48. The van der Waals surface area contributed by atoms with E-state index in [1.54, 1.807) is 35.0 Å². The van der Waals surface area contributed by atoms with E-state index in [1.807, 2.05) is 0 Å². The van der Waals surface area contributed by atoms with Gasteiger partial charge in [-0.2, -0.15) is 0 Å². The second kappa shape index (κ2) is 10.3. The van der Waals surface area contributed by atoms with Crippen molar-refractivity contribution in [3.63, 3.8) is 0 Å². The highest BCUT2D eigenvalue weighted by atomic mass is 32.1. The number of carbonyl (C=O) groups is 3. The summed E-state index contributed by atoms with van der Waals surface area (Å²) in [5.41, 5.74) is 0.00528. The van der Waals surface area contributed by atoms with Crippen LogP contribution in [0, 0.1) is 16.0 Å². The summed E-state index contributed by atoms with van der Waals surface area (Å²) in [4.78, 5) is 49.3. The molecule has 10 heteroatoms. The van der Waals surface area contributed by atoms with Crippen LogP contribution in [-0.4, -0.2) is 22.6 Å². The van der Waals surface area contributed by atoms with E-state index in [2.05, 4.69) is 0 Å². The normalized spacial score (nSPS) is 12.7. The first kappa shape index (κ1) is 23.3. The van der Waals surface area contributed by atoms with Gasteiger partial charge in [-0.05, 0) is 35.0 Å². The molecule has 0 saturated carbocycles. The van der Waals surface area contributed by atoms with Gasteiger partial charge in [-0.1, -0.05) is 12.1 Å². The van der Waals surface area contributed by atoms with E-state index in [9.17, 15) is 24.5 Å². The Hall–Kier alpha value is -3.37. The fraction of sp³-hybridized carbons (Fsp3) is 0.227. The first-order valence-corrected chi connectivity index (χ1v) is 11.2. The topological polar surface area (TPSA) is 113 Å². The van der Waals surface area contributed by atoms with Gasteiger partial charge in [-0.3, -0.25) is 24.5 Å². The number of nitro groups is 1. The number of benzene rings is 1. The molecule has 0 spiro atoms. The molecule has 32 heavy (non-hydrogen) atoms. The standard InChI is InChI=1S/C22H19NO7S2/c1-13(24)29-21(17-5-3-11-31-17)19(22(30-14(2)25)18-6-4-12-32-18)20(26)15-7-9-16(10-8-15)23(27)28/h3-12,19,21-22H,1-2H3/t21-,22-/m0/s1. The third-order valence-corrected chi connectivity index (χ3v) is 6.42. The van der Waals surface area contributed by atoms with Crippen molar-refractivity contribution in [2.45, 2.75) is 26.1 Å². The van der Waals surface area contributed by atoms with Crippen LogP contribution in [0.4, 0.5) is 5.69 Å². The van der Waals surface area contributed by atoms with E-state index in [1.165, 1.54) is 60.8 Å². The van der Waals surface area contributed by atoms with E-state index in [4.69, 9.17) is 9.47 Å². The predicted octanol–water partition coefficient (Wildman–Crippen LogP) is 5.13. The van der Waals surface area contributed by atoms with Gasteiger partial charge in [-0.25, -0.2) is 0 Å². The molecule has 8 nitrogen and oxygen atoms in total. The van der Waals surface area contributed by atoms with Crippen molar-refractivity contribution in [1.29, 1.82) is 0 Å². The summed E-state index contributed by atoms with van der Waals surface area (Å²) < 4.78 is 11.2. The van der Waals surface area contributed by atoms with Crippen LogP contribution < -0.4 is 0 Å². The Morgan fingerprint density at radius 1 is 0.844 bits per heavy atom. The molecule has 1 aromatic carbocycles. The number of hydrogen-bond acceptors (Lipinski definition) is 9. The van der Waals surface area contributed by atoms with Crippen molar-refractivity contribution in [3.8, 4) is 0 Å². The molecule has 0 unspecified atom stereocenters. The lowest BCUT2D eigenvalue weighted by Crippen LogP contribution is -2.33. The summed E-state index contributed by atoms with van der Waals surface area (Å²) in [7, 11) is 0. The van der Waals surface area contributed by atoms with E-state index in [-0.39, 0.29) is 11.3 Å². The molecule has 0 aliphatic heterocycles. The van der Waals surface area contributed by atoms with Gasteiger partial charge in [0, 0.05) is 41.3 Å². The van der Waals surface area contributed by atoms with Gasteiger partial charge in [0.25, 0.3) is 5.69 Å². The lowest BCUT2D eigenvalue weighted by Gasteiger charge is -2.31. The van der Waals surface area contributed by atoms with Gasteiger partial charge in [0.05, 0.1) is 4.92 Å². The second-order valence-corrected chi connectivity index (χ2v) is 8.74. The number of carbonyl (C=O) groups excluding carboxylic acids is 3. The zero-order valence-electron chi connectivity index (χ0n) is 17.1. The molecule has 2 aromatic heterocycles. The average Bonchev–Trinajstić information content (AvgIpc) is 3.46. The molecule has 3 rings (SSSR count). The lowest BCUT2D eigenvalue weighted by atomic mass is 9.85. The number of thiophene rings is 2. The molecule has 2 heterocycles. The number of rotatable bonds is 9. The summed E-state index contributed by atoms with van der Waals surface area (Å²) in [5.74, 6) is -2.78. The van der Waals surface area contributed by atoms with E-state index in [0.29, 0.717) is 9.75 Å². The van der Waals surface area contributed by atoms with Crippen LogP contribution in [0.5, 0.6) is 0 Å². The number of esters is 2. The van der Waals surface area contributed by atoms with Crippen molar-refractivity contribution >= 4 is 46.1 Å². The Kier molecular flexibility index (Phi) is 7.49. The molecular formula is C22H19NO7S2. The van der Waals surface area contributed by atoms with E-state index < -0.39 is 40.8 Å². The largest absolute Gasteiger partial charge is 0.456 e. The molecule has 0 bridgehead atoms. The number of nitro benzene ring substituents is 1. The first-order chi connectivity index (χ1) is 15.3. The van der Waals surface area contributed by atoms with Crippen LogP contribution in [0.2, 0.25) is 0 Å². The third-order valence-electron chi connectivity index (χ3n) is 4.55. The fourth-order valence-corrected chi connectivity index (χ4v) is 4.85. The summed E-state index contributed by atoms with van der Waals surface area (Å²) in [5, 5.41) is 14.6. The molecule has 0 fully saturated rings. The lowest BCUT2D eigenvalue weighted by molar-refractivity contribution is -0.384. The van der Waals surface area contributed by atoms with Crippen molar-refractivity contribution < 1.29 is 28.8 Å². The van der Waals surface area contributed by atoms with Gasteiger partial charge in [0.15, 0.2) is 5.78 Å². The third kappa shape index (κ3) is 5.45. The van der Waals surface area contributed by atoms with Gasteiger partial charge in [-0.15, -0.1) is 22.7 Å². The number of Topliss-reactive ketones (excluding diaryl/α,β-unsaturated/α-hetero) is 1. The summed E-state index contributed by atoms with van der Waals surface area (Å²) in [6, 6.07) is 12.1. The summed E-state index contributed by atoms with van der Waals surface area (Å²) in [6.07, 6.45) is -2.05. The molecule has 3 aromatic rings. The molecule has 0 saturated heterocycles. The van der Waals surface area contributed by atoms with Crippen molar-refractivity contribution in [2.75, 3.05) is 0 Å². The minimum atomic E-state index is -1.11. The van der Waals surface area contributed by atoms with E-state index in [0.717, 1.165) is 0 Å². The summed E-state index contributed by atoms with van der Waals surface area (Å²) in [6.45, 7) is 2.47. The SMILES string of the molecule is CC(=O)O[C@@H](c1cccs1)C(C(=O)c1ccc([N+](=O)[O-])cc1)[C@@H](OC(C)=O)c1cccs1. The Morgan fingerprint density at radius 2 is 1.31 bits per heavy atom. The summed E-state index contributed by atoms with van der Waals surface area (Å²) >= 11 is 2.60. The van der Waals surface area contributed by atoms with Crippen LogP contribution in [0.1, 0.15) is 46.2 Å². The fourth-order valence-electron chi connectivity index (χ4n) is 3.25. The maximum atomic E-state index is 13.7. The molecule has 0 radical (unpaired) electrons. The van der Waals surface area contributed by atoms with Crippen molar-refractivity contribution in [1.82, 2.24) is 0 Å². The van der Waals surface area contributed by atoms with Gasteiger partial charge >= 0.3 is 11.9 Å². The number of hydrogen-bond donors (Lipinski definition) is 0. The molecule has 0 amide bonds. The highest BCUT2D eigenvalue weighted by Gasteiger charge is 2.42. The molecule has 0 aliphatic rings. The highest BCUT2D eigenvalue weighted by molar-refractivity contribution is 7.10. The Labute approximate surface area is 191 Å². The monoisotopic (exact) mass is 473 g/mol. The maximum absolute atomic E-state index is 13.7. The van der Waals surface area contributed by atoms with Gasteiger partial charge in [0.2, 0.25) is 0 Å². The number of nitrogens with zero attached hydrogens (tertiary/aromatic N) is 1. The number of ketones is 1. The van der Waals surface area contributed by atoms with E-state index >= 15 is 0 Å². The Balaban J connectivity index is 2.14. The second-order valence-electron chi connectivity index (χ2n) is 6.78. The predicted molar refractivity (Wildman–Crippen MR) is 119 cm³/mol. The smallest absolute Gasteiger partial charge is 0.303 e. The Morgan fingerprint density at radius 3 is 1.66 bits per heavy atom. The molecule has 166 valence electrons.